The van der Waals surface area contributed by atoms with Gasteiger partial charge in [0.15, 0.2) is 0 Å². The van der Waals surface area contributed by atoms with Gasteiger partial charge < -0.3 is 39.9 Å². The average Bonchev–Trinajstić information content (AvgIpc) is 3.50. The maximum absolute atomic E-state index is 13.6. The first kappa shape index (κ1) is 34.9. The Morgan fingerprint density at radius 1 is 1.02 bits per heavy atom. The molecule has 0 unspecified atom stereocenters. The van der Waals surface area contributed by atoms with Gasteiger partial charge in [0.2, 0.25) is 5.91 Å². The number of nitrogens with two attached hydrogens (primary N) is 1. The Kier molecular flexibility index (Phi) is 12.9. The van der Waals surface area contributed by atoms with Gasteiger partial charge in [-0.2, -0.15) is 0 Å². The molecular formula is C37H43N3O8. The number of nitrogens with one attached hydrogen (secondary N) is 1. The van der Waals surface area contributed by atoms with Gasteiger partial charge in [0, 0.05) is 30.3 Å². The molecule has 1 amide bonds. The fourth-order valence-corrected chi connectivity index (χ4v) is 5.69. The number of hydrogen-bond acceptors (Lipinski definition) is 9. The Morgan fingerprint density at radius 3 is 2.67 bits per heavy atom. The Labute approximate surface area is 279 Å². The number of hydrogen-bond donors (Lipinski definition) is 4. The number of carbonyl (C=O) groups excluding carboxylic acids is 2. The Balaban J connectivity index is 1.49. The third-order valence-corrected chi connectivity index (χ3v) is 8.21. The van der Waals surface area contributed by atoms with Crippen LogP contribution in [0.4, 0.5) is 0 Å². The van der Waals surface area contributed by atoms with E-state index in [0.29, 0.717) is 44.4 Å². The zero-order valence-electron chi connectivity index (χ0n) is 26.9. The van der Waals surface area contributed by atoms with Crippen molar-refractivity contribution in [2.24, 2.45) is 10.7 Å². The SMILES string of the molecule is NCCCCO[C@@H]1C(=NC(=O)Cc2c[nH]c3ccccc23)COC(=O)c2c(O)cccc2CCCOC[C@@H](OCc2ccccc2)[C@H]1O. The first-order valence-corrected chi connectivity index (χ1v) is 16.3. The third-order valence-electron chi connectivity index (χ3n) is 8.21. The lowest BCUT2D eigenvalue weighted by Crippen LogP contribution is -2.49. The summed E-state index contributed by atoms with van der Waals surface area (Å²) in [6.07, 6.45) is 0.530. The number of para-hydroxylation sites is 1. The van der Waals surface area contributed by atoms with Crippen LogP contribution in [0.5, 0.6) is 5.75 Å². The number of aryl methyl sites for hydroxylation is 1. The lowest BCUT2D eigenvalue weighted by atomic mass is 10.0. The van der Waals surface area contributed by atoms with Crippen LogP contribution in [0.25, 0.3) is 10.9 Å². The molecule has 0 saturated carbocycles. The first-order chi connectivity index (χ1) is 23.4. The van der Waals surface area contributed by atoms with Crippen molar-refractivity contribution in [1.29, 1.82) is 0 Å². The standard InChI is InChI=1S/C37H43N3O8/c38-17-6-7-19-46-36-30(40-33(42)20-27-21-39-29-15-5-4-14-28(27)29)23-48-37(44)34-26(12-8-16-31(34)41)13-9-18-45-24-32(35(36)43)47-22-25-10-2-1-3-11-25/h1-5,8,10-12,14-16,21,32,35-36,39,41,43H,6-7,9,13,17-20,22-24,38H2/t32-,35-,36-/m1/s1. The average molecular weight is 658 g/mol. The molecule has 11 heteroatoms. The molecule has 0 spiro atoms. The number of H-pyrrole nitrogens is 1. The number of amides is 1. The minimum Gasteiger partial charge on any atom is -0.507 e. The number of aromatic amines is 1. The number of esters is 1. The molecule has 11 nitrogen and oxygen atoms in total. The fraction of sp³-hybridized carbons (Fsp3) is 0.378. The number of ether oxygens (including phenoxy) is 4. The van der Waals surface area contributed by atoms with Crippen molar-refractivity contribution in [2.75, 3.05) is 33.0 Å². The normalized spacial score (nSPS) is 20.2. The van der Waals surface area contributed by atoms with Gasteiger partial charge in [-0.3, -0.25) is 4.79 Å². The zero-order chi connectivity index (χ0) is 33.7. The van der Waals surface area contributed by atoms with E-state index in [9.17, 15) is 19.8 Å². The monoisotopic (exact) mass is 657 g/mol. The van der Waals surface area contributed by atoms with Crippen molar-refractivity contribution in [1.82, 2.24) is 4.98 Å². The van der Waals surface area contributed by atoms with Crippen molar-refractivity contribution >= 4 is 28.5 Å². The highest BCUT2D eigenvalue weighted by atomic mass is 16.6. The van der Waals surface area contributed by atoms with E-state index in [1.807, 2.05) is 54.6 Å². The summed E-state index contributed by atoms with van der Waals surface area (Å²) in [6, 6.07) is 22.0. The number of fused-ring (bicyclic) bond motifs is 2. The summed E-state index contributed by atoms with van der Waals surface area (Å²) in [4.78, 5) is 34.6. The minimum atomic E-state index is -1.35. The number of unbranched alkanes of at least 4 members (excludes halogenated alkanes) is 1. The van der Waals surface area contributed by atoms with E-state index >= 15 is 0 Å². The quantitative estimate of drug-likeness (QED) is 0.144. The third kappa shape index (κ3) is 9.36. The molecule has 2 heterocycles. The Bertz CT molecular complexity index is 1670. The van der Waals surface area contributed by atoms with E-state index < -0.39 is 36.8 Å². The van der Waals surface area contributed by atoms with Gasteiger partial charge in [0.05, 0.1) is 25.3 Å². The van der Waals surface area contributed by atoms with Gasteiger partial charge >= 0.3 is 5.97 Å². The first-order valence-electron chi connectivity index (χ1n) is 16.3. The van der Waals surface area contributed by atoms with E-state index in [1.54, 1.807) is 18.3 Å². The molecule has 5 N–H and O–H groups in total. The van der Waals surface area contributed by atoms with Crippen LogP contribution in [0.15, 0.2) is 84.0 Å². The molecule has 0 aliphatic carbocycles. The predicted octanol–water partition coefficient (Wildman–Crippen LogP) is 4.27. The Hall–Kier alpha value is -4.39. The lowest BCUT2D eigenvalue weighted by Gasteiger charge is -2.31. The molecule has 5 rings (SSSR count). The van der Waals surface area contributed by atoms with Gasteiger partial charge in [-0.1, -0.05) is 60.7 Å². The smallest absolute Gasteiger partial charge is 0.342 e. The largest absolute Gasteiger partial charge is 0.507 e. The van der Waals surface area contributed by atoms with Crippen molar-refractivity contribution in [3.8, 4) is 5.75 Å². The second-order valence-corrected chi connectivity index (χ2v) is 11.7. The Morgan fingerprint density at radius 2 is 1.83 bits per heavy atom. The second-order valence-electron chi connectivity index (χ2n) is 11.7. The molecule has 1 aromatic heterocycles. The van der Waals surface area contributed by atoms with Gasteiger partial charge in [-0.05, 0) is 61.1 Å². The molecule has 4 aromatic rings. The summed E-state index contributed by atoms with van der Waals surface area (Å²) in [7, 11) is 0. The highest BCUT2D eigenvalue weighted by Crippen LogP contribution is 2.25. The minimum absolute atomic E-state index is 0.00998. The van der Waals surface area contributed by atoms with E-state index in [0.717, 1.165) is 22.0 Å². The fourth-order valence-electron chi connectivity index (χ4n) is 5.69. The van der Waals surface area contributed by atoms with Crippen LogP contribution in [0.2, 0.25) is 0 Å². The number of phenolic OH excluding ortho intramolecular Hbond substituents is 1. The number of rotatable bonds is 10. The molecule has 1 aliphatic rings. The molecule has 1 aliphatic heterocycles. The molecule has 3 aromatic carbocycles. The van der Waals surface area contributed by atoms with E-state index in [2.05, 4.69) is 9.98 Å². The van der Waals surface area contributed by atoms with Gasteiger partial charge in [0.25, 0.3) is 0 Å². The number of phenols is 1. The number of cyclic esters (lactones) is 1. The van der Waals surface area contributed by atoms with Crippen LogP contribution < -0.4 is 5.73 Å². The predicted molar refractivity (Wildman–Crippen MR) is 181 cm³/mol. The molecule has 254 valence electrons. The van der Waals surface area contributed by atoms with Crippen molar-refractivity contribution in [2.45, 2.75) is 57.0 Å². The number of benzene rings is 3. The van der Waals surface area contributed by atoms with Crippen molar-refractivity contribution < 1.29 is 38.7 Å². The van der Waals surface area contributed by atoms with Crippen LogP contribution in [-0.4, -0.2) is 84.1 Å². The summed E-state index contributed by atoms with van der Waals surface area (Å²) in [5.41, 5.74) is 8.88. The van der Waals surface area contributed by atoms with Crippen LogP contribution in [-0.2, 0) is 43.2 Å². The number of nitrogens with zero attached hydrogens (tertiary/aromatic N) is 1. The van der Waals surface area contributed by atoms with Crippen LogP contribution in [0.1, 0.15) is 46.3 Å². The van der Waals surface area contributed by atoms with Crippen LogP contribution >= 0.6 is 0 Å². The number of carbonyl (C=O) groups is 2. The van der Waals surface area contributed by atoms with E-state index in [1.165, 1.54) is 6.07 Å². The summed E-state index contributed by atoms with van der Waals surface area (Å²) in [5, 5.41) is 23.4. The number of aromatic hydroxyl groups is 1. The second kappa shape index (κ2) is 17.7. The van der Waals surface area contributed by atoms with E-state index in [4.69, 9.17) is 24.7 Å². The maximum Gasteiger partial charge on any atom is 0.342 e. The molecule has 3 atom stereocenters. The van der Waals surface area contributed by atoms with Crippen molar-refractivity contribution in [3.63, 3.8) is 0 Å². The molecule has 0 fully saturated rings. The summed E-state index contributed by atoms with van der Waals surface area (Å²) in [5.74, 6) is -1.52. The van der Waals surface area contributed by atoms with E-state index in [-0.39, 0.29) is 43.3 Å². The maximum atomic E-state index is 13.6. The molecular weight excluding hydrogens is 614 g/mol. The number of aliphatic imine (C=N–C) groups is 1. The van der Waals surface area contributed by atoms with Crippen LogP contribution in [0.3, 0.4) is 0 Å². The van der Waals surface area contributed by atoms with Gasteiger partial charge in [-0.15, -0.1) is 0 Å². The molecule has 0 radical (unpaired) electrons. The highest BCUT2D eigenvalue weighted by Gasteiger charge is 2.35. The number of aromatic nitrogens is 1. The molecule has 48 heavy (non-hydrogen) atoms. The summed E-state index contributed by atoms with van der Waals surface area (Å²) < 4.78 is 24.1. The van der Waals surface area contributed by atoms with Crippen molar-refractivity contribution in [3.05, 3.63) is 101 Å². The van der Waals surface area contributed by atoms with Gasteiger partial charge in [0.1, 0.15) is 36.2 Å². The summed E-state index contributed by atoms with van der Waals surface area (Å²) >= 11 is 0. The number of aliphatic hydroxyl groups excluding tert-OH is 1. The highest BCUT2D eigenvalue weighted by molar-refractivity contribution is 6.03. The molecule has 0 bridgehead atoms. The summed E-state index contributed by atoms with van der Waals surface area (Å²) in [6.45, 7) is 0.695. The topological polar surface area (TPSA) is 166 Å². The zero-order valence-corrected chi connectivity index (χ0v) is 26.9. The van der Waals surface area contributed by atoms with Gasteiger partial charge in [-0.25, -0.2) is 9.79 Å². The lowest BCUT2D eigenvalue weighted by molar-refractivity contribution is -0.123. The number of aliphatic hydroxyl groups is 1. The molecule has 0 saturated heterocycles. The van der Waals surface area contributed by atoms with Crippen LogP contribution in [0, 0.1) is 0 Å².